The third kappa shape index (κ3) is 2.34. The Hall–Kier alpha value is -1.41. The average molecular weight is 272 g/mol. The van der Waals surface area contributed by atoms with E-state index in [0.717, 1.165) is 6.07 Å². The molecule has 0 amide bonds. The lowest BCUT2D eigenvalue weighted by molar-refractivity contribution is 0.102. The standard InChI is InChI=1S/C10H7BrFNO2/c1-15-10-3-6(9(14)4-11)2-8(12)7(10)5-13/h2-3H,4H2,1H3. The van der Waals surface area contributed by atoms with Gasteiger partial charge in [-0.2, -0.15) is 5.26 Å². The molecule has 0 aromatic heterocycles. The Morgan fingerprint density at radius 1 is 1.67 bits per heavy atom. The van der Waals surface area contributed by atoms with Crippen LogP contribution in [0.2, 0.25) is 0 Å². The molecule has 0 saturated carbocycles. The molecule has 15 heavy (non-hydrogen) atoms. The summed E-state index contributed by atoms with van der Waals surface area (Å²) in [5.74, 6) is -0.945. The maximum Gasteiger partial charge on any atom is 0.173 e. The van der Waals surface area contributed by atoms with Crippen LogP contribution in [-0.2, 0) is 0 Å². The first-order chi connectivity index (χ1) is 7.13. The maximum atomic E-state index is 13.3. The molecule has 0 N–H and O–H groups in total. The second-order valence-corrected chi connectivity index (χ2v) is 3.26. The van der Waals surface area contributed by atoms with Crippen molar-refractivity contribution in [3.8, 4) is 11.8 Å². The molecule has 0 radical (unpaired) electrons. The van der Waals surface area contributed by atoms with E-state index in [1.807, 2.05) is 0 Å². The van der Waals surface area contributed by atoms with E-state index in [2.05, 4.69) is 15.9 Å². The molecule has 0 spiro atoms. The Bertz CT molecular complexity index is 440. The first-order valence-electron chi connectivity index (χ1n) is 4.00. The van der Waals surface area contributed by atoms with Gasteiger partial charge < -0.3 is 4.74 Å². The van der Waals surface area contributed by atoms with Gasteiger partial charge in [-0.15, -0.1) is 0 Å². The first kappa shape index (κ1) is 11.7. The number of alkyl halides is 1. The van der Waals surface area contributed by atoms with Gasteiger partial charge in [-0.25, -0.2) is 4.39 Å². The minimum atomic E-state index is -0.749. The van der Waals surface area contributed by atoms with E-state index in [1.54, 1.807) is 6.07 Å². The second-order valence-electron chi connectivity index (χ2n) is 2.70. The number of ketones is 1. The molecule has 1 aromatic rings. The van der Waals surface area contributed by atoms with E-state index in [0.29, 0.717) is 0 Å². The SMILES string of the molecule is COc1cc(C(=O)CBr)cc(F)c1C#N. The molecule has 5 heteroatoms. The van der Waals surface area contributed by atoms with Crippen molar-refractivity contribution in [2.75, 3.05) is 12.4 Å². The van der Waals surface area contributed by atoms with E-state index in [-0.39, 0.29) is 28.0 Å². The van der Waals surface area contributed by atoms with Crippen LogP contribution < -0.4 is 4.74 Å². The summed E-state index contributed by atoms with van der Waals surface area (Å²) in [6.07, 6.45) is 0. The van der Waals surface area contributed by atoms with Gasteiger partial charge in [0.05, 0.1) is 12.4 Å². The highest BCUT2D eigenvalue weighted by Gasteiger charge is 2.14. The van der Waals surface area contributed by atoms with Gasteiger partial charge in [0.2, 0.25) is 0 Å². The van der Waals surface area contributed by atoms with E-state index >= 15 is 0 Å². The smallest absolute Gasteiger partial charge is 0.173 e. The number of carbonyl (C=O) groups is 1. The summed E-state index contributed by atoms with van der Waals surface area (Å²) in [6, 6.07) is 4.06. The molecule has 0 fully saturated rings. The fourth-order valence-electron chi connectivity index (χ4n) is 1.09. The Balaban J connectivity index is 3.33. The van der Waals surface area contributed by atoms with Crippen LogP contribution >= 0.6 is 15.9 Å². The topological polar surface area (TPSA) is 50.1 Å². The average Bonchev–Trinajstić information content (AvgIpc) is 2.26. The molecular weight excluding hydrogens is 265 g/mol. The molecule has 0 aliphatic rings. The zero-order valence-electron chi connectivity index (χ0n) is 7.88. The van der Waals surface area contributed by atoms with Gasteiger partial charge in [0.15, 0.2) is 5.78 Å². The van der Waals surface area contributed by atoms with E-state index in [4.69, 9.17) is 10.00 Å². The van der Waals surface area contributed by atoms with Crippen molar-refractivity contribution in [1.82, 2.24) is 0 Å². The number of benzene rings is 1. The monoisotopic (exact) mass is 271 g/mol. The number of nitriles is 1. The number of methoxy groups -OCH3 is 1. The number of nitrogens with zero attached hydrogens (tertiary/aromatic N) is 1. The first-order valence-corrected chi connectivity index (χ1v) is 5.13. The lowest BCUT2D eigenvalue weighted by Gasteiger charge is -2.05. The summed E-state index contributed by atoms with van der Waals surface area (Å²) < 4.78 is 18.1. The van der Waals surface area contributed by atoms with Crippen molar-refractivity contribution in [1.29, 1.82) is 5.26 Å². The van der Waals surface area contributed by atoms with Crippen molar-refractivity contribution in [3.05, 3.63) is 29.1 Å². The summed E-state index contributed by atoms with van der Waals surface area (Å²) in [7, 11) is 1.32. The molecule has 0 atom stereocenters. The van der Waals surface area contributed by atoms with Crippen LogP contribution in [0.25, 0.3) is 0 Å². The number of ether oxygens (including phenoxy) is 1. The van der Waals surface area contributed by atoms with E-state index < -0.39 is 5.82 Å². The second kappa shape index (κ2) is 4.89. The number of rotatable bonds is 3. The van der Waals surface area contributed by atoms with Crippen LogP contribution in [0.1, 0.15) is 15.9 Å². The van der Waals surface area contributed by atoms with Gasteiger partial charge >= 0.3 is 0 Å². The molecule has 0 aliphatic carbocycles. The summed E-state index contributed by atoms with van der Waals surface area (Å²) in [5.41, 5.74) is -0.0103. The van der Waals surface area contributed by atoms with Gasteiger partial charge in [0, 0.05) is 5.56 Å². The lowest BCUT2D eigenvalue weighted by Crippen LogP contribution is -2.03. The minimum absolute atomic E-state index is 0.0711. The highest BCUT2D eigenvalue weighted by atomic mass is 79.9. The molecule has 0 bridgehead atoms. The molecular formula is C10H7BrFNO2. The summed E-state index contributed by atoms with van der Waals surface area (Å²) >= 11 is 2.98. The third-order valence-corrected chi connectivity index (χ3v) is 2.34. The van der Waals surface area contributed by atoms with Crippen molar-refractivity contribution < 1.29 is 13.9 Å². The summed E-state index contributed by atoms with van der Waals surface area (Å²) in [4.78, 5) is 11.3. The van der Waals surface area contributed by atoms with E-state index in [1.165, 1.54) is 13.2 Å². The van der Waals surface area contributed by atoms with Gasteiger partial charge in [-0.1, -0.05) is 15.9 Å². The number of Topliss-reactive ketones (excluding diaryl/α,β-unsaturated/α-hetero) is 1. The van der Waals surface area contributed by atoms with Gasteiger partial charge in [-0.05, 0) is 12.1 Å². The highest BCUT2D eigenvalue weighted by molar-refractivity contribution is 9.09. The largest absolute Gasteiger partial charge is 0.495 e. The number of carbonyl (C=O) groups excluding carboxylic acids is 1. The van der Waals surface area contributed by atoms with Gasteiger partial charge in [0.1, 0.15) is 23.2 Å². The molecule has 0 aliphatic heterocycles. The van der Waals surface area contributed by atoms with Crippen molar-refractivity contribution in [2.24, 2.45) is 0 Å². The summed E-state index contributed by atoms with van der Waals surface area (Å²) in [6.45, 7) is 0. The van der Waals surface area contributed by atoms with E-state index in [9.17, 15) is 9.18 Å². The van der Waals surface area contributed by atoms with Crippen LogP contribution in [0.4, 0.5) is 4.39 Å². The normalized spacial score (nSPS) is 9.47. The van der Waals surface area contributed by atoms with Crippen molar-refractivity contribution in [3.63, 3.8) is 0 Å². The van der Waals surface area contributed by atoms with Crippen molar-refractivity contribution >= 4 is 21.7 Å². The number of halogens is 2. The quantitative estimate of drug-likeness (QED) is 0.626. The molecule has 0 unspecified atom stereocenters. The molecule has 1 aromatic carbocycles. The lowest BCUT2D eigenvalue weighted by atomic mass is 10.1. The molecule has 0 heterocycles. The number of hydrogen-bond donors (Lipinski definition) is 0. The predicted molar refractivity (Wildman–Crippen MR) is 55.8 cm³/mol. The van der Waals surface area contributed by atoms with Crippen LogP contribution in [-0.4, -0.2) is 18.2 Å². The highest BCUT2D eigenvalue weighted by Crippen LogP contribution is 2.23. The predicted octanol–water partition coefficient (Wildman–Crippen LogP) is 2.28. The summed E-state index contributed by atoms with van der Waals surface area (Å²) in [5, 5.41) is 8.75. The number of hydrogen-bond acceptors (Lipinski definition) is 3. The van der Waals surface area contributed by atoms with Crippen LogP contribution in [0.5, 0.6) is 5.75 Å². The molecule has 78 valence electrons. The Labute approximate surface area is 94.6 Å². The van der Waals surface area contributed by atoms with Crippen LogP contribution in [0.15, 0.2) is 12.1 Å². The third-order valence-electron chi connectivity index (χ3n) is 1.83. The Morgan fingerprint density at radius 2 is 2.33 bits per heavy atom. The Kier molecular flexibility index (Phi) is 3.81. The molecule has 1 rings (SSSR count). The zero-order valence-corrected chi connectivity index (χ0v) is 9.47. The molecule has 0 saturated heterocycles. The van der Waals surface area contributed by atoms with Gasteiger partial charge in [0.25, 0.3) is 0 Å². The Morgan fingerprint density at radius 3 is 2.80 bits per heavy atom. The van der Waals surface area contributed by atoms with Gasteiger partial charge in [-0.3, -0.25) is 4.79 Å². The molecule has 3 nitrogen and oxygen atoms in total. The zero-order chi connectivity index (χ0) is 11.4. The fourth-order valence-corrected chi connectivity index (χ4v) is 1.41. The minimum Gasteiger partial charge on any atom is -0.495 e. The van der Waals surface area contributed by atoms with Crippen molar-refractivity contribution in [2.45, 2.75) is 0 Å². The fraction of sp³-hybridized carbons (Fsp3) is 0.200. The van der Waals surface area contributed by atoms with Crippen LogP contribution in [0, 0.1) is 17.1 Å². The maximum absolute atomic E-state index is 13.3. The van der Waals surface area contributed by atoms with Crippen LogP contribution in [0.3, 0.4) is 0 Å².